The van der Waals surface area contributed by atoms with Gasteiger partial charge < -0.3 is 9.84 Å². The number of carbonyl (C=O) groups excluding carboxylic acids is 1. The number of thiazole rings is 1. The molecule has 0 saturated carbocycles. The summed E-state index contributed by atoms with van der Waals surface area (Å²) in [6, 6.07) is 4.81. The highest BCUT2D eigenvalue weighted by molar-refractivity contribution is 7.11. The van der Waals surface area contributed by atoms with Crippen molar-refractivity contribution in [3.63, 3.8) is 0 Å². The van der Waals surface area contributed by atoms with Crippen molar-refractivity contribution in [2.24, 2.45) is 0 Å². The van der Waals surface area contributed by atoms with E-state index in [0.717, 1.165) is 19.3 Å². The first-order valence-corrected chi connectivity index (χ1v) is 11.2. The minimum Gasteiger partial charge on any atom is -0.356 e. The van der Waals surface area contributed by atoms with E-state index in [4.69, 9.17) is 9.51 Å². The van der Waals surface area contributed by atoms with Crippen molar-refractivity contribution in [1.82, 2.24) is 20.4 Å². The number of hydrogen-bond donors (Lipinski definition) is 1. The van der Waals surface area contributed by atoms with Gasteiger partial charge in [-0.3, -0.25) is 4.79 Å². The number of aryl methyl sites for hydroxylation is 5. The Kier molecular flexibility index (Phi) is 6.52. The maximum atomic E-state index is 13.7. The van der Waals surface area contributed by atoms with Gasteiger partial charge in [0.2, 0.25) is 17.6 Å². The lowest BCUT2D eigenvalue weighted by Crippen LogP contribution is -2.25. The molecule has 0 unspecified atom stereocenters. The molecule has 0 bridgehead atoms. The van der Waals surface area contributed by atoms with E-state index in [-0.39, 0.29) is 18.1 Å². The van der Waals surface area contributed by atoms with Crippen molar-refractivity contribution < 1.29 is 13.7 Å². The second kappa shape index (κ2) is 9.47. The molecule has 0 saturated heterocycles. The average molecular weight is 429 g/mol. The molecule has 30 heavy (non-hydrogen) atoms. The van der Waals surface area contributed by atoms with Crippen molar-refractivity contribution in [3.8, 4) is 11.4 Å². The Labute approximate surface area is 178 Å². The van der Waals surface area contributed by atoms with Crippen LogP contribution in [0.5, 0.6) is 0 Å². The number of fused-ring (bicyclic) bond motifs is 1. The van der Waals surface area contributed by atoms with E-state index in [9.17, 15) is 9.18 Å². The van der Waals surface area contributed by atoms with Crippen molar-refractivity contribution in [3.05, 3.63) is 51.0 Å². The van der Waals surface area contributed by atoms with Gasteiger partial charge >= 0.3 is 0 Å². The van der Waals surface area contributed by atoms with Gasteiger partial charge in [0, 0.05) is 36.2 Å². The first kappa shape index (κ1) is 20.7. The summed E-state index contributed by atoms with van der Waals surface area (Å²) in [5, 5.41) is 8.00. The SMILES string of the molecule is Cc1ccc(-c2noc(CCC(=O)NCCCc3nc4c(s3)CCCC4)n2)cc1F. The first-order valence-electron chi connectivity index (χ1n) is 10.4. The molecule has 2 aromatic heterocycles. The second-order valence-corrected chi connectivity index (χ2v) is 8.78. The molecule has 0 spiro atoms. The highest BCUT2D eigenvalue weighted by atomic mass is 32.1. The van der Waals surface area contributed by atoms with Crippen molar-refractivity contribution >= 4 is 17.2 Å². The summed E-state index contributed by atoms with van der Waals surface area (Å²) >= 11 is 1.83. The minimum atomic E-state index is -0.309. The highest BCUT2D eigenvalue weighted by Gasteiger charge is 2.15. The van der Waals surface area contributed by atoms with Crippen LogP contribution in [0, 0.1) is 12.7 Å². The minimum absolute atomic E-state index is 0.0467. The normalized spacial score (nSPS) is 13.3. The number of nitrogens with one attached hydrogen (secondary N) is 1. The van der Waals surface area contributed by atoms with Crippen LogP contribution in [-0.2, 0) is 30.5 Å². The molecule has 0 atom stereocenters. The molecule has 3 aromatic rings. The largest absolute Gasteiger partial charge is 0.356 e. The van der Waals surface area contributed by atoms with Crippen LogP contribution in [-0.4, -0.2) is 27.6 Å². The van der Waals surface area contributed by atoms with Gasteiger partial charge in [-0.2, -0.15) is 4.98 Å². The third kappa shape index (κ3) is 5.11. The zero-order chi connectivity index (χ0) is 20.9. The van der Waals surface area contributed by atoms with Crippen LogP contribution in [0.15, 0.2) is 22.7 Å². The maximum absolute atomic E-state index is 13.7. The molecule has 2 heterocycles. The Balaban J connectivity index is 1.18. The summed E-state index contributed by atoms with van der Waals surface area (Å²) in [5.74, 6) is 0.343. The van der Waals surface area contributed by atoms with Crippen LogP contribution in [0.1, 0.15) is 52.7 Å². The second-order valence-electron chi connectivity index (χ2n) is 7.61. The van der Waals surface area contributed by atoms with Gasteiger partial charge in [0.05, 0.1) is 10.7 Å². The molecule has 6 nitrogen and oxygen atoms in total. The van der Waals surface area contributed by atoms with E-state index < -0.39 is 0 Å². The monoisotopic (exact) mass is 428 g/mol. The van der Waals surface area contributed by atoms with Gasteiger partial charge in [0.15, 0.2) is 0 Å². The Morgan fingerprint density at radius 1 is 1.23 bits per heavy atom. The Morgan fingerprint density at radius 3 is 2.93 bits per heavy atom. The first-order chi connectivity index (χ1) is 14.6. The smallest absolute Gasteiger partial charge is 0.227 e. The van der Waals surface area contributed by atoms with E-state index in [1.54, 1.807) is 19.1 Å². The number of aromatic nitrogens is 3. The number of hydrogen-bond acceptors (Lipinski definition) is 6. The Bertz CT molecular complexity index is 1010. The fourth-order valence-corrected chi connectivity index (χ4v) is 4.69. The van der Waals surface area contributed by atoms with E-state index in [2.05, 4.69) is 15.5 Å². The lowest BCUT2D eigenvalue weighted by Gasteiger charge is -2.06. The quantitative estimate of drug-likeness (QED) is 0.544. The van der Waals surface area contributed by atoms with Crippen LogP contribution in [0.3, 0.4) is 0 Å². The van der Waals surface area contributed by atoms with Gasteiger partial charge in [-0.05, 0) is 50.7 Å². The standard InChI is InChI=1S/C22H25FN4O2S/c1-14-8-9-15(13-16(14)23)22-26-20(29-27-22)11-10-19(28)24-12-4-7-21-25-17-5-2-3-6-18(17)30-21/h8-9,13H,2-7,10-12H2,1H3,(H,24,28). The maximum Gasteiger partial charge on any atom is 0.227 e. The fourth-order valence-electron chi connectivity index (χ4n) is 3.49. The van der Waals surface area contributed by atoms with E-state index in [0.29, 0.717) is 35.8 Å². The molecule has 4 rings (SSSR count). The molecule has 1 amide bonds. The summed E-state index contributed by atoms with van der Waals surface area (Å²) in [6.07, 6.45) is 7.20. The molecule has 8 heteroatoms. The third-order valence-corrected chi connectivity index (χ3v) is 6.46. The number of carbonyl (C=O) groups is 1. The molecular formula is C22H25FN4O2S. The van der Waals surface area contributed by atoms with Gasteiger partial charge in [-0.25, -0.2) is 9.37 Å². The van der Waals surface area contributed by atoms with E-state index >= 15 is 0 Å². The van der Waals surface area contributed by atoms with Crippen LogP contribution in [0.4, 0.5) is 4.39 Å². The highest BCUT2D eigenvalue weighted by Crippen LogP contribution is 2.27. The third-order valence-electron chi connectivity index (χ3n) is 5.24. The summed E-state index contributed by atoms with van der Waals surface area (Å²) in [5.41, 5.74) is 2.41. The Hall–Kier alpha value is -2.61. The molecule has 0 fully saturated rings. The zero-order valence-electron chi connectivity index (χ0n) is 17.0. The molecule has 0 radical (unpaired) electrons. The summed E-state index contributed by atoms with van der Waals surface area (Å²) in [7, 11) is 0. The fraction of sp³-hybridized carbons (Fsp3) is 0.455. The average Bonchev–Trinajstić information content (AvgIpc) is 3.38. The van der Waals surface area contributed by atoms with Crippen molar-refractivity contribution in [1.29, 1.82) is 0 Å². The number of rotatable bonds is 8. The molecule has 158 valence electrons. The summed E-state index contributed by atoms with van der Waals surface area (Å²) < 4.78 is 18.9. The van der Waals surface area contributed by atoms with Crippen LogP contribution >= 0.6 is 11.3 Å². The predicted molar refractivity (Wildman–Crippen MR) is 113 cm³/mol. The van der Waals surface area contributed by atoms with Crippen LogP contribution in [0.25, 0.3) is 11.4 Å². The summed E-state index contributed by atoms with van der Waals surface area (Å²) in [6.45, 7) is 2.32. The lowest BCUT2D eigenvalue weighted by atomic mass is 10.0. The number of halogens is 1. The lowest BCUT2D eigenvalue weighted by molar-refractivity contribution is -0.121. The molecule has 1 aliphatic rings. The van der Waals surface area contributed by atoms with Crippen LogP contribution < -0.4 is 5.32 Å². The van der Waals surface area contributed by atoms with E-state index in [1.165, 1.54) is 40.9 Å². The predicted octanol–water partition coefficient (Wildman–Crippen LogP) is 4.20. The van der Waals surface area contributed by atoms with Gasteiger partial charge in [-0.15, -0.1) is 11.3 Å². The number of amides is 1. The van der Waals surface area contributed by atoms with Gasteiger partial charge in [0.25, 0.3) is 0 Å². The molecule has 1 aliphatic carbocycles. The van der Waals surface area contributed by atoms with Gasteiger partial charge in [0.1, 0.15) is 5.82 Å². The van der Waals surface area contributed by atoms with E-state index in [1.807, 2.05) is 11.3 Å². The topological polar surface area (TPSA) is 80.9 Å². The molecule has 1 N–H and O–H groups in total. The molecule has 0 aliphatic heterocycles. The zero-order valence-corrected chi connectivity index (χ0v) is 17.9. The Morgan fingerprint density at radius 2 is 2.10 bits per heavy atom. The number of benzene rings is 1. The number of nitrogens with zero attached hydrogens (tertiary/aromatic N) is 3. The molecule has 1 aromatic carbocycles. The van der Waals surface area contributed by atoms with Crippen LogP contribution in [0.2, 0.25) is 0 Å². The summed E-state index contributed by atoms with van der Waals surface area (Å²) in [4.78, 5) is 22.5. The van der Waals surface area contributed by atoms with Crippen molar-refractivity contribution in [2.45, 2.75) is 58.3 Å². The van der Waals surface area contributed by atoms with Gasteiger partial charge in [-0.1, -0.05) is 17.3 Å². The van der Waals surface area contributed by atoms with Crippen molar-refractivity contribution in [2.75, 3.05) is 6.54 Å². The molecular weight excluding hydrogens is 403 g/mol.